The molecule has 1 aromatic rings. The third kappa shape index (κ3) is 3.42. The minimum absolute atomic E-state index is 0.251. The molecule has 10 heteroatoms. The normalized spacial score (nSPS) is 10.8. The summed E-state index contributed by atoms with van der Waals surface area (Å²) < 4.78 is 39.9. The summed E-state index contributed by atoms with van der Waals surface area (Å²) in [6, 6.07) is 1.58. The van der Waals surface area contributed by atoms with E-state index in [0.29, 0.717) is 0 Å². The molecule has 0 saturated carbocycles. The van der Waals surface area contributed by atoms with Crippen molar-refractivity contribution in [2.45, 2.75) is 12.8 Å². The molecule has 0 atom stereocenters. The molecule has 0 bridgehead atoms. The molecule has 0 aliphatic heterocycles. The van der Waals surface area contributed by atoms with Crippen LogP contribution >= 0.6 is 22.6 Å². The number of nitriles is 1. The zero-order chi connectivity index (χ0) is 13.9. The van der Waals surface area contributed by atoms with E-state index >= 15 is 0 Å². The molecule has 0 N–H and O–H groups in total. The minimum atomic E-state index is -5.08. The maximum Gasteiger partial charge on any atom is 0.573 e. The molecule has 0 spiro atoms. The van der Waals surface area contributed by atoms with E-state index in [9.17, 15) is 23.3 Å². The van der Waals surface area contributed by atoms with Gasteiger partial charge in [0.2, 0.25) is 5.75 Å². The van der Waals surface area contributed by atoms with E-state index in [1.165, 1.54) is 22.6 Å². The van der Waals surface area contributed by atoms with Crippen molar-refractivity contribution in [2.75, 3.05) is 0 Å². The molecule has 6 nitrogen and oxygen atoms in total. The van der Waals surface area contributed by atoms with Crippen molar-refractivity contribution in [3.05, 3.63) is 25.6 Å². The van der Waals surface area contributed by atoms with Gasteiger partial charge in [0.15, 0.2) is 3.70 Å². The van der Waals surface area contributed by atoms with Gasteiger partial charge >= 0.3 is 12.0 Å². The van der Waals surface area contributed by atoms with E-state index in [1.54, 1.807) is 6.07 Å². The van der Waals surface area contributed by atoms with E-state index in [4.69, 9.17) is 5.26 Å². The lowest BCUT2D eigenvalue weighted by Gasteiger charge is -2.12. The Morgan fingerprint density at radius 3 is 2.67 bits per heavy atom. The number of hydrogen-bond acceptors (Lipinski definition) is 5. The highest BCUT2D eigenvalue weighted by Gasteiger charge is 2.37. The van der Waals surface area contributed by atoms with E-state index < -0.39 is 29.1 Å². The summed E-state index contributed by atoms with van der Waals surface area (Å²) in [6.45, 7) is 0. The summed E-state index contributed by atoms with van der Waals surface area (Å²) in [5, 5.41) is 19.2. The first-order chi connectivity index (χ1) is 8.26. The summed E-state index contributed by atoms with van der Waals surface area (Å²) >= 11 is 1.41. The predicted molar refractivity (Wildman–Crippen MR) is 59.6 cm³/mol. The van der Waals surface area contributed by atoms with E-state index in [2.05, 4.69) is 9.72 Å². The fourth-order valence-electron chi connectivity index (χ4n) is 1.10. The van der Waals surface area contributed by atoms with Crippen LogP contribution in [-0.4, -0.2) is 16.3 Å². The van der Waals surface area contributed by atoms with Crippen molar-refractivity contribution in [1.29, 1.82) is 5.26 Å². The summed E-state index contributed by atoms with van der Waals surface area (Å²) in [5.74, 6) is -0.992. The van der Waals surface area contributed by atoms with Gasteiger partial charge in [-0.1, -0.05) is 0 Å². The standard InChI is InChI=1S/C8H3F3IN3O3/c9-8(10,11)18-6-4(1-2-13)3-14-7(12)5(6)15(16)17/h3H,1H2. The highest BCUT2D eigenvalue weighted by Crippen LogP contribution is 2.37. The zero-order valence-electron chi connectivity index (χ0n) is 8.36. The van der Waals surface area contributed by atoms with Gasteiger partial charge < -0.3 is 4.74 Å². The molecule has 0 aliphatic carbocycles. The Hall–Kier alpha value is -1.64. The number of halogens is 4. The maximum atomic E-state index is 12.2. The van der Waals surface area contributed by atoms with Crippen LogP contribution < -0.4 is 4.74 Å². The summed E-state index contributed by atoms with van der Waals surface area (Å²) in [6.07, 6.45) is -4.62. The van der Waals surface area contributed by atoms with Gasteiger partial charge in [-0.2, -0.15) is 5.26 Å². The Labute approximate surface area is 112 Å². The van der Waals surface area contributed by atoms with E-state index in [1.807, 2.05) is 0 Å². The molecule has 0 amide bonds. The fraction of sp³-hybridized carbons (Fsp3) is 0.250. The molecule has 1 rings (SSSR count). The molecule has 96 valence electrons. The van der Waals surface area contributed by atoms with Crippen LogP contribution in [0.15, 0.2) is 6.20 Å². The topological polar surface area (TPSA) is 89.0 Å². The average molecular weight is 373 g/mol. The molecule has 0 saturated heterocycles. The van der Waals surface area contributed by atoms with Gasteiger partial charge in [-0.25, -0.2) is 4.98 Å². The summed E-state index contributed by atoms with van der Waals surface area (Å²) in [7, 11) is 0. The largest absolute Gasteiger partial charge is 0.573 e. The molecular formula is C8H3F3IN3O3. The second-order valence-corrected chi connectivity index (χ2v) is 3.91. The molecule has 0 radical (unpaired) electrons. The molecular weight excluding hydrogens is 370 g/mol. The van der Waals surface area contributed by atoms with Crippen molar-refractivity contribution in [3.63, 3.8) is 0 Å². The van der Waals surface area contributed by atoms with Crippen LogP contribution in [0.3, 0.4) is 0 Å². The molecule has 0 fully saturated rings. The highest BCUT2D eigenvalue weighted by molar-refractivity contribution is 14.1. The van der Waals surface area contributed by atoms with Crippen LogP contribution in [0.4, 0.5) is 18.9 Å². The van der Waals surface area contributed by atoms with Gasteiger partial charge in [0.25, 0.3) is 0 Å². The molecule has 1 heterocycles. The molecule has 18 heavy (non-hydrogen) atoms. The molecule has 0 aliphatic rings. The number of hydrogen-bond donors (Lipinski definition) is 0. The van der Waals surface area contributed by atoms with Gasteiger partial charge in [-0.05, 0) is 22.6 Å². The van der Waals surface area contributed by atoms with Crippen LogP contribution in [0, 0.1) is 25.1 Å². The monoisotopic (exact) mass is 373 g/mol. The first-order valence-electron chi connectivity index (χ1n) is 4.20. The van der Waals surface area contributed by atoms with Crippen molar-refractivity contribution in [1.82, 2.24) is 4.98 Å². The Kier molecular flexibility index (Phi) is 4.28. The smallest absolute Gasteiger partial charge is 0.398 e. The van der Waals surface area contributed by atoms with Gasteiger partial charge in [0, 0.05) is 11.8 Å². The average Bonchev–Trinajstić information content (AvgIpc) is 2.19. The number of rotatable bonds is 3. The van der Waals surface area contributed by atoms with Gasteiger partial charge in [0.05, 0.1) is 17.4 Å². The van der Waals surface area contributed by atoms with Crippen molar-refractivity contribution in [2.24, 2.45) is 0 Å². The predicted octanol–water partition coefficient (Wildman–Crippen LogP) is 2.56. The van der Waals surface area contributed by atoms with E-state index in [0.717, 1.165) is 6.20 Å². The Morgan fingerprint density at radius 1 is 1.61 bits per heavy atom. The summed E-state index contributed by atoms with van der Waals surface area (Å²) in [4.78, 5) is 13.2. The van der Waals surface area contributed by atoms with Crippen LogP contribution in [0.2, 0.25) is 0 Å². The minimum Gasteiger partial charge on any atom is -0.398 e. The number of aromatic nitrogens is 1. The number of nitro groups is 1. The molecule has 0 aromatic carbocycles. The Bertz CT molecular complexity index is 527. The lowest BCUT2D eigenvalue weighted by Crippen LogP contribution is -2.19. The SMILES string of the molecule is N#CCc1cnc(I)c([N+](=O)[O-])c1OC(F)(F)F. The van der Waals surface area contributed by atoms with Gasteiger partial charge in [-0.15, -0.1) is 13.2 Å². The zero-order valence-corrected chi connectivity index (χ0v) is 10.5. The summed E-state index contributed by atoms with van der Waals surface area (Å²) in [5.41, 5.74) is -1.19. The number of nitrogens with zero attached hydrogens (tertiary/aromatic N) is 3. The lowest BCUT2D eigenvalue weighted by molar-refractivity contribution is -0.390. The lowest BCUT2D eigenvalue weighted by atomic mass is 10.2. The third-order valence-corrected chi connectivity index (χ3v) is 2.50. The van der Waals surface area contributed by atoms with Gasteiger partial charge in [0.1, 0.15) is 0 Å². The van der Waals surface area contributed by atoms with Crippen molar-refractivity contribution < 1.29 is 22.8 Å². The number of pyridine rings is 1. The molecule has 0 unspecified atom stereocenters. The highest BCUT2D eigenvalue weighted by atomic mass is 127. The van der Waals surface area contributed by atoms with Crippen LogP contribution in [0.5, 0.6) is 5.75 Å². The fourth-order valence-corrected chi connectivity index (χ4v) is 1.68. The maximum absolute atomic E-state index is 12.2. The Balaban J connectivity index is 3.44. The van der Waals surface area contributed by atoms with Crippen LogP contribution in [0.1, 0.15) is 5.56 Å². The molecule has 1 aromatic heterocycles. The van der Waals surface area contributed by atoms with Crippen LogP contribution in [-0.2, 0) is 6.42 Å². The Morgan fingerprint density at radius 2 is 2.22 bits per heavy atom. The van der Waals surface area contributed by atoms with Crippen molar-refractivity contribution in [3.8, 4) is 11.8 Å². The second kappa shape index (κ2) is 5.34. The second-order valence-electron chi connectivity index (χ2n) is 2.89. The first kappa shape index (κ1) is 14.4. The quantitative estimate of drug-likeness (QED) is 0.352. The van der Waals surface area contributed by atoms with Crippen molar-refractivity contribution >= 4 is 28.3 Å². The number of alkyl halides is 3. The first-order valence-corrected chi connectivity index (χ1v) is 5.28. The number of ether oxygens (including phenoxy) is 1. The van der Waals surface area contributed by atoms with E-state index in [-0.39, 0.29) is 9.26 Å². The van der Waals surface area contributed by atoms with Crippen LogP contribution in [0.25, 0.3) is 0 Å². The third-order valence-electron chi connectivity index (χ3n) is 1.71. The van der Waals surface area contributed by atoms with Gasteiger partial charge in [-0.3, -0.25) is 10.1 Å².